The monoisotopic (exact) mass is 376 g/mol. The van der Waals surface area contributed by atoms with Crippen LogP contribution >= 0.6 is 0 Å². The zero-order valence-electron chi connectivity index (χ0n) is 14.3. The molecule has 1 aromatic heterocycles. The van der Waals surface area contributed by atoms with Gasteiger partial charge in [0.25, 0.3) is 5.91 Å². The number of carbonyl (C=O) groups excluding carboxylic acids is 1. The topological polar surface area (TPSA) is 88.5 Å². The molecule has 1 amide bonds. The Labute approximate surface area is 154 Å². The van der Waals surface area contributed by atoms with Gasteiger partial charge in [-0.2, -0.15) is 0 Å². The van der Waals surface area contributed by atoms with Gasteiger partial charge in [-0.15, -0.1) is 0 Å². The van der Waals surface area contributed by atoms with Crippen molar-refractivity contribution in [3.63, 3.8) is 0 Å². The summed E-state index contributed by atoms with van der Waals surface area (Å²) in [5.41, 5.74) is -0.0836. The molecule has 1 fully saturated rings. The smallest absolute Gasteiger partial charge is 0.306 e. The third-order valence-electron chi connectivity index (χ3n) is 4.50. The standard InChI is InChI=1S/C19H18F2N2O4/c20-12-3-7-15(8-4-12)27-18-16(9-13(21)10-22-18)17(24)23-14-5-1-11(2-6-14)19(25)26/h3-4,7-11,14H,1-2,5-6H2,(H,23,24)(H,25,26). The van der Waals surface area contributed by atoms with Crippen molar-refractivity contribution in [1.29, 1.82) is 0 Å². The molecule has 6 nitrogen and oxygen atoms in total. The molecule has 0 radical (unpaired) electrons. The Hall–Kier alpha value is -3.03. The zero-order valence-corrected chi connectivity index (χ0v) is 14.3. The molecule has 27 heavy (non-hydrogen) atoms. The van der Waals surface area contributed by atoms with Gasteiger partial charge in [-0.3, -0.25) is 9.59 Å². The van der Waals surface area contributed by atoms with Crippen LogP contribution in [0.2, 0.25) is 0 Å². The molecular weight excluding hydrogens is 358 g/mol. The van der Waals surface area contributed by atoms with Gasteiger partial charge in [0.05, 0.1) is 12.1 Å². The minimum Gasteiger partial charge on any atom is -0.481 e. The second-order valence-electron chi connectivity index (χ2n) is 6.42. The van der Waals surface area contributed by atoms with Crippen LogP contribution in [-0.2, 0) is 4.79 Å². The molecule has 0 bridgehead atoms. The summed E-state index contributed by atoms with van der Waals surface area (Å²) in [5.74, 6) is -2.76. The number of carboxylic acids is 1. The number of aliphatic carboxylic acids is 1. The molecule has 8 heteroatoms. The third-order valence-corrected chi connectivity index (χ3v) is 4.50. The summed E-state index contributed by atoms with van der Waals surface area (Å²) >= 11 is 0. The molecule has 0 aliphatic heterocycles. The van der Waals surface area contributed by atoms with Gasteiger partial charge in [-0.05, 0) is 56.0 Å². The lowest BCUT2D eigenvalue weighted by Crippen LogP contribution is -2.38. The highest BCUT2D eigenvalue weighted by Gasteiger charge is 2.28. The van der Waals surface area contributed by atoms with Gasteiger partial charge >= 0.3 is 5.97 Å². The van der Waals surface area contributed by atoms with Crippen LogP contribution in [0.5, 0.6) is 11.6 Å². The van der Waals surface area contributed by atoms with E-state index in [2.05, 4.69) is 10.3 Å². The Morgan fingerprint density at radius 1 is 1.07 bits per heavy atom. The van der Waals surface area contributed by atoms with Gasteiger partial charge in [-0.25, -0.2) is 13.8 Å². The number of hydrogen-bond donors (Lipinski definition) is 2. The maximum absolute atomic E-state index is 13.6. The number of carboxylic acid groups (broad SMARTS) is 1. The predicted octanol–water partition coefficient (Wildman–Crippen LogP) is 3.53. The van der Waals surface area contributed by atoms with Crippen LogP contribution in [0, 0.1) is 17.6 Å². The number of ether oxygens (including phenoxy) is 1. The molecule has 3 rings (SSSR count). The summed E-state index contributed by atoms with van der Waals surface area (Å²) in [6, 6.07) is 5.95. The lowest BCUT2D eigenvalue weighted by atomic mass is 9.86. The first-order valence-corrected chi connectivity index (χ1v) is 8.55. The molecule has 2 aromatic rings. The average molecular weight is 376 g/mol. The zero-order chi connectivity index (χ0) is 19.4. The fourth-order valence-corrected chi connectivity index (χ4v) is 3.03. The van der Waals surface area contributed by atoms with E-state index in [4.69, 9.17) is 9.84 Å². The summed E-state index contributed by atoms with van der Waals surface area (Å²) in [5, 5.41) is 11.8. The second-order valence-corrected chi connectivity index (χ2v) is 6.42. The minimum atomic E-state index is -0.830. The molecule has 1 saturated carbocycles. The summed E-state index contributed by atoms with van der Waals surface area (Å²) in [4.78, 5) is 27.4. The van der Waals surface area contributed by atoms with Crippen molar-refractivity contribution in [2.45, 2.75) is 31.7 Å². The Morgan fingerprint density at radius 3 is 2.37 bits per heavy atom. The second kappa shape index (κ2) is 8.11. The van der Waals surface area contributed by atoms with Crippen LogP contribution in [0.3, 0.4) is 0 Å². The van der Waals surface area contributed by atoms with Crippen LogP contribution in [-0.4, -0.2) is 28.0 Å². The molecule has 1 aliphatic carbocycles. The lowest BCUT2D eigenvalue weighted by molar-refractivity contribution is -0.142. The summed E-state index contributed by atoms with van der Waals surface area (Å²) in [6.45, 7) is 0. The summed E-state index contributed by atoms with van der Waals surface area (Å²) in [7, 11) is 0. The molecule has 0 saturated heterocycles. The van der Waals surface area contributed by atoms with Crippen LogP contribution in [0.15, 0.2) is 36.5 Å². The Balaban J connectivity index is 1.71. The number of nitrogens with zero attached hydrogens (tertiary/aromatic N) is 1. The normalized spacial score (nSPS) is 19.3. The van der Waals surface area contributed by atoms with Crippen molar-refractivity contribution in [3.8, 4) is 11.6 Å². The maximum Gasteiger partial charge on any atom is 0.306 e. The lowest BCUT2D eigenvalue weighted by Gasteiger charge is -2.27. The highest BCUT2D eigenvalue weighted by molar-refractivity contribution is 5.96. The highest BCUT2D eigenvalue weighted by atomic mass is 19.1. The van der Waals surface area contributed by atoms with E-state index in [1.165, 1.54) is 24.3 Å². The number of halogens is 2. The quantitative estimate of drug-likeness (QED) is 0.834. The van der Waals surface area contributed by atoms with Crippen LogP contribution < -0.4 is 10.1 Å². The molecule has 0 atom stereocenters. The number of nitrogens with one attached hydrogen (secondary N) is 1. The van der Waals surface area contributed by atoms with E-state index in [1.54, 1.807) is 0 Å². The highest BCUT2D eigenvalue weighted by Crippen LogP contribution is 2.27. The Morgan fingerprint density at radius 2 is 1.74 bits per heavy atom. The van der Waals surface area contributed by atoms with Crippen LogP contribution in [0.1, 0.15) is 36.0 Å². The number of benzene rings is 1. The van der Waals surface area contributed by atoms with Gasteiger partial charge in [0.1, 0.15) is 22.9 Å². The molecule has 142 valence electrons. The average Bonchev–Trinajstić information content (AvgIpc) is 2.65. The molecule has 0 unspecified atom stereocenters. The molecule has 1 heterocycles. The van der Waals surface area contributed by atoms with Gasteiger partial charge in [0.15, 0.2) is 0 Å². The number of amides is 1. The molecule has 0 spiro atoms. The van der Waals surface area contributed by atoms with Crippen molar-refractivity contribution in [2.75, 3.05) is 0 Å². The summed E-state index contributed by atoms with van der Waals surface area (Å²) in [6.07, 6.45) is 2.92. The predicted molar refractivity (Wildman–Crippen MR) is 91.5 cm³/mol. The van der Waals surface area contributed by atoms with Gasteiger partial charge in [-0.1, -0.05) is 0 Å². The number of aromatic nitrogens is 1. The number of pyridine rings is 1. The molecule has 2 N–H and O–H groups in total. The van der Waals surface area contributed by atoms with E-state index in [9.17, 15) is 18.4 Å². The SMILES string of the molecule is O=C(NC1CCC(C(=O)O)CC1)c1cc(F)cnc1Oc1ccc(F)cc1. The fourth-order valence-electron chi connectivity index (χ4n) is 3.03. The van der Waals surface area contributed by atoms with Gasteiger partial charge in [0.2, 0.25) is 5.88 Å². The molecule has 1 aliphatic rings. The van der Waals surface area contributed by atoms with E-state index < -0.39 is 29.4 Å². The maximum atomic E-state index is 13.6. The number of rotatable bonds is 5. The van der Waals surface area contributed by atoms with Crippen molar-refractivity contribution >= 4 is 11.9 Å². The van der Waals surface area contributed by atoms with E-state index in [0.29, 0.717) is 25.7 Å². The van der Waals surface area contributed by atoms with Crippen LogP contribution in [0.25, 0.3) is 0 Å². The first kappa shape index (κ1) is 18.8. The van der Waals surface area contributed by atoms with E-state index in [0.717, 1.165) is 12.3 Å². The van der Waals surface area contributed by atoms with Crippen molar-refractivity contribution in [2.24, 2.45) is 5.92 Å². The molecular formula is C19H18F2N2O4. The third kappa shape index (κ3) is 4.78. The van der Waals surface area contributed by atoms with Gasteiger partial charge in [0, 0.05) is 6.04 Å². The summed E-state index contributed by atoms with van der Waals surface area (Å²) < 4.78 is 32.1. The van der Waals surface area contributed by atoms with Crippen molar-refractivity contribution < 1.29 is 28.2 Å². The number of carbonyl (C=O) groups is 2. The van der Waals surface area contributed by atoms with Crippen molar-refractivity contribution in [3.05, 3.63) is 53.7 Å². The largest absolute Gasteiger partial charge is 0.481 e. The van der Waals surface area contributed by atoms with E-state index in [-0.39, 0.29) is 23.2 Å². The van der Waals surface area contributed by atoms with E-state index >= 15 is 0 Å². The first-order chi connectivity index (χ1) is 12.9. The van der Waals surface area contributed by atoms with Crippen LogP contribution in [0.4, 0.5) is 8.78 Å². The Bertz CT molecular complexity index is 834. The van der Waals surface area contributed by atoms with Gasteiger partial charge < -0.3 is 15.2 Å². The number of hydrogen-bond acceptors (Lipinski definition) is 4. The fraction of sp³-hybridized carbons (Fsp3) is 0.316. The van der Waals surface area contributed by atoms with E-state index in [1.807, 2.05) is 0 Å². The van der Waals surface area contributed by atoms with Crippen molar-refractivity contribution in [1.82, 2.24) is 10.3 Å². The minimum absolute atomic E-state index is 0.0836. The first-order valence-electron chi connectivity index (χ1n) is 8.55. The Kier molecular flexibility index (Phi) is 5.63. The molecule has 1 aromatic carbocycles.